The van der Waals surface area contributed by atoms with E-state index in [0.29, 0.717) is 18.6 Å². The quantitative estimate of drug-likeness (QED) is 0.688. The maximum Gasteiger partial charge on any atom is 0.236 e. The smallest absolute Gasteiger partial charge is 0.236 e. The number of rotatable bonds is 8. The van der Waals surface area contributed by atoms with Crippen LogP contribution in [0.2, 0.25) is 0 Å². The lowest BCUT2D eigenvalue weighted by Crippen LogP contribution is -2.42. The molecule has 0 aromatic heterocycles. The number of nitrogens with one attached hydrogen (secondary N) is 1. The Morgan fingerprint density at radius 1 is 1.38 bits per heavy atom. The first-order valence-electron chi connectivity index (χ1n) is 6.75. The van der Waals surface area contributed by atoms with Crippen LogP contribution < -0.4 is 5.32 Å². The molecule has 1 atom stereocenters. The highest BCUT2D eigenvalue weighted by atomic mass is 16.2. The Bertz CT molecular complexity index is 214. The standard InChI is InChI=1S/C13H26N2O/c1-4-7-11(5-2)14-10-13(16)15(6-3)12-8-9-12/h11-12,14H,4-10H2,1-3H3. The molecule has 3 nitrogen and oxygen atoms in total. The molecule has 1 unspecified atom stereocenters. The predicted octanol–water partition coefficient (Wildman–Crippen LogP) is 2.17. The summed E-state index contributed by atoms with van der Waals surface area (Å²) in [6, 6.07) is 1.05. The van der Waals surface area contributed by atoms with Crippen LogP contribution in [-0.4, -0.2) is 36.0 Å². The molecule has 0 bridgehead atoms. The first-order valence-corrected chi connectivity index (χ1v) is 6.75. The van der Waals surface area contributed by atoms with Crippen LogP contribution in [0.3, 0.4) is 0 Å². The Kier molecular flexibility index (Phi) is 5.81. The average molecular weight is 226 g/mol. The van der Waals surface area contributed by atoms with Gasteiger partial charge in [0.2, 0.25) is 5.91 Å². The maximum absolute atomic E-state index is 11.9. The van der Waals surface area contributed by atoms with E-state index in [1.165, 1.54) is 25.7 Å². The second kappa shape index (κ2) is 6.89. The zero-order valence-corrected chi connectivity index (χ0v) is 11.0. The van der Waals surface area contributed by atoms with Crippen LogP contribution >= 0.6 is 0 Å². The van der Waals surface area contributed by atoms with Gasteiger partial charge in [0.15, 0.2) is 0 Å². The van der Waals surface area contributed by atoms with Crippen LogP contribution in [-0.2, 0) is 4.79 Å². The van der Waals surface area contributed by atoms with Crippen molar-refractivity contribution in [3.8, 4) is 0 Å². The predicted molar refractivity (Wildman–Crippen MR) is 67.4 cm³/mol. The van der Waals surface area contributed by atoms with Crippen molar-refractivity contribution in [3.63, 3.8) is 0 Å². The minimum absolute atomic E-state index is 0.277. The molecule has 1 amide bonds. The molecule has 0 spiro atoms. The highest BCUT2D eigenvalue weighted by Crippen LogP contribution is 2.26. The topological polar surface area (TPSA) is 32.3 Å². The van der Waals surface area contributed by atoms with Crippen molar-refractivity contribution in [2.45, 2.75) is 65.0 Å². The third kappa shape index (κ3) is 4.12. The molecule has 0 aromatic rings. The lowest BCUT2D eigenvalue weighted by molar-refractivity contribution is -0.130. The Morgan fingerprint density at radius 2 is 2.06 bits per heavy atom. The molecule has 1 aliphatic rings. The van der Waals surface area contributed by atoms with Gasteiger partial charge in [-0.25, -0.2) is 0 Å². The van der Waals surface area contributed by atoms with E-state index >= 15 is 0 Å². The van der Waals surface area contributed by atoms with E-state index in [4.69, 9.17) is 0 Å². The third-order valence-electron chi connectivity index (χ3n) is 3.32. The SMILES string of the molecule is CCCC(CC)NCC(=O)N(CC)C1CC1. The second-order valence-electron chi connectivity index (χ2n) is 4.69. The Labute approximate surface area is 99.6 Å². The first kappa shape index (κ1) is 13.5. The normalized spacial score (nSPS) is 17.2. The van der Waals surface area contributed by atoms with E-state index in [9.17, 15) is 4.79 Å². The summed E-state index contributed by atoms with van der Waals surface area (Å²) in [7, 11) is 0. The number of carbonyl (C=O) groups excluding carboxylic acids is 1. The minimum atomic E-state index is 0.277. The molecule has 1 N–H and O–H groups in total. The van der Waals surface area contributed by atoms with Crippen LogP contribution in [0.5, 0.6) is 0 Å². The van der Waals surface area contributed by atoms with Gasteiger partial charge in [0, 0.05) is 18.6 Å². The van der Waals surface area contributed by atoms with Crippen molar-refractivity contribution in [2.24, 2.45) is 0 Å². The summed E-state index contributed by atoms with van der Waals surface area (Å²) in [6.45, 7) is 7.81. The summed E-state index contributed by atoms with van der Waals surface area (Å²) in [5.41, 5.74) is 0. The minimum Gasteiger partial charge on any atom is -0.339 e. The highest BCUT2D eigenvalue weighted by Gasteiger charge is 2.30. The molecule has 0 radical (unpaired) electrons. The molecule has 3 heteroatoms. The van der Waals surface area contributed by atoms with Crippen molar-refractivity contribution >= 4 is 5.91 Å². The molecule has 1 rings (SSSR count). The molecule has 0 aromatic carbocycles. The molecular weight excluding hydrogens is 200 g/mol. The lowest BCUT2D eigenvalue weighted by atomic mass is 10.1. The van der Waals surface area contributed by atoms with E-state index in [1.54, 1.807) is 0 Å². The average Bonchev–Trinajstić information content (AvgIpc) is 3.09. The molecule has 0 heterocycles. The van der Waals surface area contributed by atoms with Crippen LogP contribution in [0.25, 0.3) is 0 Å². The van der Waals surface area contributed by atoms with Crippen molar-refractivity contribution in [3.05, 3.63) is 0 Å². The zero-order valence-electron chi connectivity index (χ0n) is 11.0. The molecule has 0 saturated heterocycles. The highest BCUT2D eigenvalue weighted by molar-refractivity contribution is 5.78. The van der Waals surface area contributed by atoms with E-state index in [2.05, 4.69) is 26.1 Å². The number of hydrogen-bond acceptors (Lipinski definition) is 2. The van der Waals surface area contributed by atoms with Crippen molar-refractivity contribution in [2.75, 3.05) is 13.1 Å². The number of amides is 1. The van der Waals surface area contributed by atoms with Crippen LogP contribution in [0.15, 0.2) is 0 Å². The largest absolute Gasteiger partial charge is 0.339 e. The summed E-state index contributed by atoms with van der Waals surface area (Å²) in [5, 5.41) is 3.38. The molecule has 1 aliphatic carbocycles. The first-order chi connectivity index (χ1) is 7.72. The van der Waals surface area contributed by atoms with Gasteiger partial charge in [0.1, 0.15) is 0 Å². The lowest BCUT2D eigenvalue weighted by Gasteiger charge is -2.22. The molecule has 94 valence electrons. The van der Waals surface area contributed by atoms with Crippen molar-refractivity contribution in [1.29, 1.82) is 0 Å². The fraction of sp³-hybridized carbons (Fsp3) is 0.923. The number of carbonyl (C=O) groups is 1. The Balaban J connectivity index is 2.26. The monoisotopic (exact) mass is 226 g/mol. The van der Waals surface area contributed by atoms with Gasteiger partial charge in [-0.3, -0.25) is 4.79 Å². The number of nitrogens with zero attached hydrogens (tertiary/aromatic N) is 1. The number of likely N-dealkylation sites (N-methyl/N-ethyl adjacent to an activating group) is 1. The summed E-state index contributed by atoms with van der Waals surface area (Å²) >= 11 is 0. The Hall–Kier alpha value is -0.570. The van der Waals surface area contributed by atoms with Gasteiger partial charge in [-0.1, -0.05) is 20.3 Å². The summed E-state index contributed by atoms with van der Waals surface area (Å²) < 4.78 is 0. The molecule has 0 aliphatic heterocycles. The summed E-state index contributed by atoms with van der Waals surface area (Å²) in [4.78, 5) is 14.0. The van der Waals surface area contributed by atoms with Gasteiger partial charge in [-0.2, -0.15) is 0 Å². The third-order valence-corrected chi connectivity index (χ3v) is 3.32. The molecular formula is C13H26N2O. The maximum atomic E-state index is 11.9. The van der Waals surface area contributed by atoms with Gasteiger partial charge in [-0.15, -0.1) is 0 Å². The van der Waals surface area contributed by atoms with Crippen LogP contribution in [0.4, 0.5) is 0 Å². The number of hydrogen-bond donors (Lipinski definition) is 1. The second-order valence-corrected chi connectivity index (χ2v) is 4.69. The summed E-state index contributed by atoms with van der Waals surface area (Å²) in [5.74, 6) is 0.277. The van der Waals surface area contributed by atoms with E-state index in [-0.39, 0.29) is 5.91 Å². The van der Waals surface area contributed by atoms with Crippen molar-refractivity contribution < 1.29 is 4.79 Å². The Morgan fingerprint density at radius 3 is 2.50 bits per heavy atom. The summed E-state index contributed by atoms with van der Waals surface area (Å²) in [6.07, 6.45) is 5.85. The van der Waals surface area contributed by atoms with Crippen molar-refractivity contribution in [1.82, 2.24) is 10.2 Å². The fourth-order valence-electron chi connectivity index (χ4n) is 2.16. The van der Waals surface area contributed by atoms with Gasteiger partial charge >= 0.3 is 0 Å². The molecule has 1 saturated carbocycles. The fourth-order valence-corrected chi connectivity index (χ4v) is 2.16. The molecule has 1 fully saturated rings. The van der Waals surface area contributed by atoms with Crippen LogP contribution in [0.1, 0.15) is 52.9 Å². The zero-order chi connectivity index (χ0) is 12.0. The van der Waals surface area contributed by atoms with Gasteiger partial charge in [0.25, 0.3) is 0 Å². The van der Waals surface area contributed by atoms with Crippen LogP contribution in [0, 0.1) is 0 Å². The van der Waals surface area contributed by atoms with E-state index < -0.39 is 0 Å². The van der Waals surface area contributed by atoms with E-state index in [0.717, 1.165) is 13.0 Å². The van der Waals surface area contributed by atoms with Gasteiger partial charge < -0.3 is 10.2 Å². The molecule has 16 heavy (non-hydrogen) atoms. The van der Waals surface area contributed by atoms with E-state index in [1.807, 2.05) is 4.90 Å². The van der Waals surface area contributed by atoms with Gasteiger partial charge in [-0.05, 0) is 32.6 Å². The van der Waals surface area contributed by atoms with Gasteiger partial charge in [0.05, 0.1) is 6.54 Å².